The molecule has 130 valence electrons. The molecule has 0 saturated heterocycles. The second kappa shape index (κ2) is 5.35. The Morgan fingerprint density at radius 2 is 2.36 bits per heavy atom. The number of aryl methyl sites for hydroxylation is 1. The Kier molecular flexibility index (Phi) is 3.21. The van der Waals surface area contributed by atoms with Gasteiger partial charge in [0, 0.05) is 35.3 Å². The van der Waals surface area contributed by atoms with E-state index >= 15 is 0 Å². The zero-order chi connectivity index (χ0) is 17.0. The van der Waals surface area contributed by atoms with Gasteiger partial charge in [0.1, 0.15) is 0 Å². The first-order valence-electron chi connectivity index (χ1n) is 9.35. The predicted octanol–water partition coefficient (Wildman–Crippen LogP) is 3.75. The van der Waals surface area contributed by atoms with Crippen LogP contribution in [-0.2, 0) is 18.4 Å². The summed E-state index contributed by atoms with van der Waals surface area (Å²) in [6, 6.07) is 7.94. The molecule has 5 heteroatoms. The molecule has 1 aliphatic heterocycles. The number of rotatable bonds is 2. The molecule has 5 nitrogen and oxygen atoms in total. The lowest BCUT2D eigenvalue weighted by atomic mass is 9.92. The lowest BCUT2D eigenvalue weighted by Crippen LogP contribution is -2.39. The number of aromatic amines is 1. The Morgan fingerprint density at radius 3 is 3.12 bits per heavy atom. The fraction of sp³-hybridized carbons (Fsp3) is 0.500. The molecule has 2 atom stereocenters. The fourth-order valence-electron chi connectivity index (χ4n) is 4.94. The third-order valence-corrected chi connectivity index (χ3v) is 6.37. The number of nitrogens with one attached hydrogen (secondary N) is 2. The molecule has 2 aliphatic carbocycles. The maximum Gasteiger partial charge on any atom is 0.322 e. The number of hydrogen-bond donors (Lipinski definition) is 2. The van der Waals surface area contributed by atoms with E-state index in [1.807, 2.05) is 36.1 Å². The van der Waals surface area contributed by atoms with Crippen molar-refractivity contribution < 1.29 is 4.79 Å². The minimum absolute atomic E-state index is 0.0142. The second-order valence-electron chi connectivity index (χ2n) is 7.95. The summed E-state index contributed by atoms with van der Waals surface area (Å²) in [6.45, 7) is 3.45. The minimum Gasteiger partial charge on any atom is -0.320 e. The van der Waals surface area contributed by atoms with Crippen LogP contribution in [0.25, 0.3) is 0 Å². The first kappa shape index (κ1) is 15.0. The monoisotopic (exact) mass is 336 g/mol. The first-order valence-corrected chi connectivity index (χ1v) is 9.35. The van der Waals surface area contributed by atoms with Crippen molar-refractivity contribution in [3.05, 3.63) is 46.8 Å². The molecule has 2 saturated carbocycles. The van der Waals surface area contributed by atoms with Gasteiger partial charge < -0.3 is 10.2 Å². The van der Waals surface area contributed by atoms with Crippen LogP contribution in [0.1, 0.15) is 48.2 Å². The number of amides is 2. The van der Waals surface area contributed by atoms with Gasteiger partial charge in [-0.25, -0.2) is 4.79 Å². The third kappa shape index (κ3) is 2.36. The highest BCUT2D eigenvalue weighted by Crippen LogP contribution is 2.64. The Morgan fingerprint density at radius 1 is 1.44 bits per heavy atom. The van der Waals surface area contributed by atoms with E-state index in [1.165, 1.54) is 42.6 Å². The Balaban J connectivity index is 1.35. The average Bonchev–Trinajstić information content (AvgIpc) is 2.96. The van der Waals surface area contributed by atoms with Crippen LogP contribution in [0.5, 0.6) is 0 Å². The lowest BCUT2D eigenvalue weighted by Gasteiger charge is -2.28. The summed E-state index contributed by atoms with van der Waals surface area (Å²) < 4.78 is 0. The van der Waals surface area contributed by atoms with Gasteiger partial charge >= 0.3 is 6.03 Å². The molecule has 0 spiro atoms. The summed E-state index contributed by atoms with van der Waals surface area (Å²) >= 11 is 0. The molecule has 2 heterocycles. The smallest absolute Gasteiger partial charge is 0.320 e. The van der Waals surface area contributed by atoms with Crippen LogP contribution in [0.2, 0.25) is 0 Å². The summed E-state index contributed by atoms with van der Waals surface area (Å²) in [6.07, 6.45) is 6.09. The van der Waals surface area contributed by atoms with Gasteiger partial charge in [0.25, 0.3) is 0 Å². The van der Waals surface area contributed by atoms with Gasteiger partial charge in [-0.15, -0.1) is 0 Å². The van der Waals surface area contributed by atoms with Crippen LogP contribution in [-0.4, -0.2) is 27.7 Å². The number of anilines is 1. The number of H-pyrrole nitrogens is 1. The van der Waals surface area contributed by atoms with Crippen molar-refractivity contribution >= 4 is 11.7 Å². The SMILES string of the molecule is Cc1cccc(NC(=O)N2CCc3[nH]nc(C45CCCC4C5)c3C2)c1. The number of hydrogen-bond acceptors (Lipinski definition) is 2. The standard InChI is InChI=1S/C20H24N4O/c1-13-4-2-6-15(10-13)21-19(25)24-9-7-17-16(12-24)18(23-22-17)20-8-3-5-14(20)11-20/h2,4,6,10,14H,3,5,7-9,11-12H2,1H3,(H,21,25)(H,22,23). The maximum atomic E-state index is 12.7. The van der Waals surface area contributed by atoms with Crippen molar-refractivity contribution in [1.82, 2.24) is 15.1 Å². The van der Waals surface area contributed by atoms with Crippen LogP contribution in [0.3, 0.4) is 0 Å². The van der Waals surface area contributed by atoms with E-state index in [1.54, 1.807) is 0 Å². The van der Waals surface area contributed by atoms with Crippen molar-refractivity contribution in [3.8, 4) is 0 Å². The largest absolute Gasteiger partial charge is 0.322 e. The number of urea groups is 1. The van der Waals surface area contributed by atoms with E-state index in [4.69, 9.17) is 5.10 Å². The van der Waals surface area contributed by atoms with Gasteiger partial charge in [0.15, 0.2) is 0 Å². The molecule has 2 unspecified atom stereocenters. The number of carbonyl (C=O) groups is 1. The van der Waals surface area contributed by atoms with E-state index in [0.717, 1.165) is 30.1 Å². The topological polar surface area (TPSA) is 61.0 Å². The normalized spacial score (nSPS) is 26.9. The number of benzene rings is 1. The Hall–Kier alpha value is -2.30. The average molecular weight is 336 g/mol. The molecule has 25 heavy (non-hydrogen) atoms. The molecule has 0 bridgehead atoms. The van der Waals surface area contributed by atoms with Crippen LogP contribution in [0.15, 0.2) is 24.3 Å². The van der Waals surface area contributed by atoms with Crippen LogP contribution in [0.4, 0.5) is 10.5 Å². The molecule has 3 aliphatic rings. The second-order valence-corrected chi connectivity index (χ2v) is 7.95. The van der Waals surface area contributed by atoms with Crippen molar-refractivity contribution in [2.45, 2.75) is 51.0 Å². The summed E-state index contributed by atoms with van der Waals surface area (Å²) in [4.78, 5) is 14.6. The zero-order valence-electron chi connectivity index (χ0n) is 14.6. The molecular formula is C20H24N4O. The van der Waals surface area contributed by atoms with Crippen molar-refractivity contribution in [3.63, 3.8) is 0 Å². The van der Waals surface area contributed by atoms with Gasteiger partial charge in [0.2, 0.25) is 0 Å². The number of fused-ring (bicyclic) bond motifs is 2. The fourth-order valence-corrected chi connectivity index (χ4v) is 4.94. The molecule has 2 N–H and O–H groups in total. The maximum absolute atomic E-state index is 12.7. The van der Waals surface area contributed by atoms with E-state index < -0.39 is 0 Å². The summed E-state index contributed by atoms with van der Waals surface area (Å²) in [5.74, 6) is 0.830. The molecular weight excluding hydrogens is 312 g/mol. The molecule has 2 aromatic rings. The van der Waals surface area contributed by atoms with Crippen LogP contribution < -0.4 is 5.32 Å². The van der Waals surface area contributed by atoms with Gasteiger partial charge in [-0.1, -0.05) is 18.6 Å². The van der Waals surface area contributed by atoms with E-state index in [9.17, 15) is 4.79 Å². The molecule has 2 fully saturated rings. The third-order valence-electron chi connectivity index (χ3n) is 6.37. The highest BCUT2D eigenvalue weighted by molar-refractivity contribution is 5.89. The van der Waals surface area contributed by atoms with Crippen LogP contribution in [0, 0.1) is 12.8 Å². The molecule has 2 amide bonds. The summed E-state index contributed by atoms with van der Waals surface area (Å²) in [5, 5.41) is 11.0. The lowest BCUT2D eigenvalue weighted by molar-refractivity contribution is 0.206. The van der Waals surface area contributed by atoms with Crippen molar-refractivity contribution in [2.24, 2.45) is 5.92 Å². The molecule has 1 aromatic carbocycles. The van der Waals surface area contributed by atoms with Gasteiger partial charge in [-0.05, 0) is 49.8 Å². The zero-order valence-corrected chi connectivity index (χ0v) is 14.6. The molecule has 1 aromatic heterocycles. The predicted molar refractivity (Wildman–Crippen MR) is 96.5 cm³/mol. The Labute approximate surface area is 147 Å². The van der Waals surface area contributed by atoms with Gasteiger partial charge in [-0.2, -0.15) is 5.10 Å². The number of carbonyl (C=O) groups excluding carboxylic acids is 1. The molecule has 5 rings (SSSR count). The highest BCUT2D eigenvalue weighted by atomic mass is 16.2. The number of nitrogens with zero attached hydrogens (tertiary/aromatic N) is 2. The van der Waals surface area contributed by atoms with Gasteiger partial charge in [0.05, 0.1) is 12.2 Å². The van der Waals surface area contributed by atoms with Crippen molar-refractivity contribution in [2.75, 3.05) is 11.9 Å². The summed E-state index contributed by atoms with van der Waals surface area (Å²) in [7, 11) is 0. The van der Waals surface area contributed by atoms with E-state index in [0.29, 0.717) is 12.0 Å². The van der Waals surface area contributed by atoms with E-state index in [2.05, 4.69) is 10.4 Å². The Bertz CT molecular complexity index is 842. The minimum atomic E-state index is -0.0142. The molecule has 0 radical (unpaired) electrons. The van der Waals surface area contributed by atoms with Crippen LogP contribution >= 0.6 is 0 Å². The quantitative estimate of drug-likeness (QED) is 0.877. The number of aromatic nitrogens is 2. The highest BCUT2D eigenvalue weighted by Gasteiger charge is 2.60. The summed E-state index contributed by atoms with van der Waals surface area (Å²) in [5.41, 5.74) is 6.13. The van der Waals surface area contributed by atoms with E-state index in [-0.39, 0.29) is 6.03 Å². The van der Waals surface area contributed by atoms with Crippen molar-refractivity contribution in [1.29, 1.82) is 0 Å². The van der Waals surface area contributed by atoms with Gasteiger partial charge in [-0.3, -0.25) is 5.10 Å². The first-order chi connectivity index (χ1) is 12.2.